The summed E-state index contributed by atoms with van der Waals surface area (Å²) in [5, 5.41) is 0. The minimum absolute atomic E-state index is 0.298. The van der Waals surface area contributed by atoms with Crippen molar-refractivity contribution in [3.63, 3.8) is 0 Å². The fraction of sp³-hybridized carbons (Fsp3) is 1.00. The van der Waals surface area contributed by atoms with Gasteiger partial charge in [-0.25, -0.2) is 9.24 Å². The van der Waals surface area contributed by atoms with Crippen LogP contribution in [-0.2, 0) is 32.6 Å². The number of ether oxygens (including phenoxy) is 4. The number of rotatable bonds is 5. The summed E-state index contributed by atoms with van der Waals surface area (Å²) >= 11 is 0. The Bertz CT molecular complexity index is 396. The molecule has 0 aromatic carbocycles. The Balaban J connectivity index is 2.24. The summed E-state index contributed by atoms with van der Waals surface area (Å²) in [5.74, 6) is 0. The first-order valence-electron chi connectivity index (χ1n) is 6.89. The van der Waals surface area contributed by atoms with Crippen LogP contribution in [-0.4, -0.2) is 76.9 Å². The average Bonchev–Trinajstić information content (AvgIpc) is 2.47. The molecule has 9 heteroatoms. The summed E-state index contributed by atoms with van der Waals surface area (Å²) in [7, 11) is 2.99. The van der Waals surface area contributed by atoms with Crippen molar-refractivity contribution in [2.75, 3.05) is 41.5 Å². The van der Waals surface area contributed by atoms with Gasteiger partial charge in [-0.15, -0.1) is 0 Å². The smallest absolute Gasteiger partial charge is 0.376 e. The van der Waals surface area contributed by atoms with Crippen LogP contribution in [0.15, 0.2) is 0 Å². The lowest BCUT2D eigenvalue weighted by molar-refractivity contribution is -0.301. The number of hydrogen-bond donors (Lipinski definition) is 0. The number of fused-ring (bicyclic) bond motifs is 1. The van der Waals surface area contributed by atoms with Crippen LogP contribution < -0.4 is 0 Å². The summed E-state index contributed by atoms with van der Waals surface area (Å²) in [6, 6.07) is 0. The molecule has 2 aliphatic rings. The second kappa shape index (κ2) is 7.02. The summed E-state index contributed by atoms with van der Waals surface area (Å²) in [6.45, 7) is 2.47. The van der Waals surface area contributed by atoms with E-state index in [1.807, 2.05) is 0 Å². The monoisotopic (exact) mass is 325 g/mol. The molecule has 0 bridgehead atoms. The Labute approximate surface area is 125 Å². The minimum atomic E-state index is -3.33. The van der Waals surface area contributed by atoms with E-state index in [0.717, 1.165) is 0 Å². The van der Waals surface area contributed by atoms with Gasteiger partial charge in [0.15, 0.2) is 6.29 Å². The van der Waals surface area contributed by atoms with Crippen LogP contribution in [0.2, 0.25) is 0 Å². The van der Waals surface area contributed by atoms with Crippen LogP contribution in [0.4, 0.5) is 0 Å². The van der Waals surface area contributed by atoms with E-state index in [1.54, 1.807) is 40.0 Å². The van der Waals surface area contributed by atoms with Crippen molar-refractivity contribution < 1.29 is 32.6 Å². The predicted molar refractivity (Wildman–Crippen MR) is 74.0 cm³/mol. The molecular weight excluding hydrogens is 301 g/mol. The number of nitrogens with zero attached hydrogens (tertiary/aromatic N) is 1. The highest BCUT2D eigenvalue weighted by Gasteiger charge is 2.55. The summed E-state index contributed by atoms with van der Waals surface area (Å²) in [5.41, 5.74) is 0. The number of hydrogen-bond acceptors (Lipinski definition) is 7. The molecule has 2 saturated heterocycles. The zero-order valence-corrected chi connectivity index (χ0v) is 13.9. The third-order valence-corrected chi connectivity index (χ3v) is 5.87. The molecule has 124 valence electrons. The first-order valence-corrected chi connectivity index (χ1v) is 8.38. The van der Waals surface area contributed by atoms with Crippen LogP contribution >= 0.6 is 7.75 Å². The van der Waals surface area contributed by atoms with Crippen LogP contribution in [0, 0.1) is 0 Å². The molecule has 0 saturated carbocycles. The van der Waals surface area contributed by atoms with E-state index in [2.05, 4.69) is 0 Å². The Morgan fingerprint density at radius 3 is 2.38 bits per heavy atom. The number of methoxy groups -OCH3 is 3. The van der Waals surface area contributed by atoms with E-state index in [-0.39, 0.29) is 6.10 Å². The Morgan fingerprint density at radius 2 is 1.86 bits per heavy atom. The zero-order valence-electron chi connectivity index (χ0n) is 13.1. The summed E-state index contributed by atoms with van der Waals surface area (Å²) in [6.07, 6.45) is -2.37. The van der Waals surface area contributed by atoms with Gasteiger partial charge in [-0.1, -0.05) is 0 Å². The summed E-state index contributed by atoms with van der Waals surface area (Å²) in [4.78, 5) is 0. The van der Waals surface area contributed by atoms with E-state index in [1.165, 1.54) is 0 Å². The van der Waals surface area contributed by atoms with E-state index < -0.39 is 32.3 Å². The molecule has 0 aromatic heterocycles. The van der Waals surface area contributed by atoms with Crippen LogP contribution in [0.1, 0.15) is 6.92 Å². The Kier molecular flexibility index (Phi) is 5.78. The molecule has 0 radical (unpaired) electrons. The standard InChI is InChI=1S/C12H24NO7P/c1-6-18-21(14)13(2)7-8-9(20-21)10(15-3)11(16-4)12(17-5)19-8/h8-12H,6-7H2,1-5H3/t8-,9-,10+,11-,12+,21-/m1/s1. The van der Waals surface area contributed by atoms with Gasteiger partial charge in [0, 0.05) is 27.9 Å². The largest absolute Gasteiger partial charge is 0.408 e. The van der Waals surface area contributed by atoms with Crippen LogP contribution in [0.5, 0.6) is 0 Å². The lowest BCUT2D eigenvalue weighted by Crippen LogP contribution is -2.63. The molecule has 2 fully saturated rings. The molecular formula is C12H24NO7P. The van der Waals surface area contributed by atoms with Crippen molar-refractivity contribution in [3.8, 4) is 0 Å². The van der Waals surface area contributed by atoms with E-state index in [4.69, 9.17) is 28.0 Å². The van der Waals surface area contributed by atoms with Crippen LogP contribution in [0.25, 0.3) is 0 Å². The Morgan fingerprint density at radius 1 is 1.19 bits per heavy atom. The van der Waals surface area contributed by atoms with Crippen molar-refractivity contribution in [1.82, 2.24) is 4.67 Å². The first kappa shape index (κ1) is 17.3. The molecule has 2 heterocycles. The van der Waals surface area contributed by atoms with Gasteiger partial charge in [0.1, 0.15) is 24.4 Å². The van der Waals surface area contributed by atoms with Crippen molar-refractivity contribution in [3.05, 3.63) is 0 Å². The maximum absolute atomic E-state index is 12.7. The van der Waals surface area contributed by atoms with E-state index in [9.17, 15) is 4.57 Å². The third kappa shape index (κ3) is 3.18. The molecule has 0 aromatic rings. The fourth-order valence-electron chi connectivity index (χ4n) is 2.75. The van der Waals surface area contributed by atoms with E-state index >= 15 is 0 Å². The maximum atomic E-state index is 12.7. The molecule has 0 spiro atoms. The lowest BCUT2D eigenvalue weighted by atomic mass is 9.98. The third-order valence-electron chi connectivity index (χ3n) is 3.78. The fourth-order valence-corrected chi connectivity index (χ4v) is 4.41. The van der Waals surface area contributed by atoms with E-state index in [0.29, 0.717) is 13.2 Å². The van der Waals surface area contributed by atoms with Crippen molar-refractivity contribution in [1.29, 1.82) is 0 Å². The quantitative estimate of drug-likeness (QED) is 0.689. The highest BCUT2D eigenvalue weighted by atomic mass is 31.2. The van der Waals surface area contributed by atoms with Gasteiger partial charge in [-0.2, -0.15) is 0 Å². The molecule has 6 atom stereocenters. The molecule has 0 aliphatic carbocycles. The van der Waals surface area contributed by atoms with Gasteiger partial charge in [-0.3, -0.25) is 9.05 Å². The molecule has 0 unspecified atom stereocenters. The highest BCUT2D eigenvalue weighted by molar-refractivity contribution is 7.51. The van der Waals surface area contributed by atoms with Crippen LogP contribution in [0.3, 0.4) is 0 Å². The van der Waals surface area contributed by atoms with Gasteiger partial charge < -0.3 is 18.9 Å². The SMILES string of the molecule is CCO[P@@]1(=O)O[C@H]2[C@H](OC)[C@@H](OC)[C@@H](OC)O[C@@H]2CN1C. The Hall–Kier alpha value is -0.0500. The van der Waals surface area contributed by atoms with Gasteiger partial charge >= 0.3 is 7.75 Å². The highest BCUT2D eigenvalue weighted by Crippen LogP contribution is 2.56. The first-order chi connectivity index (χ1) is 10.0. The van der Waals surface area contributed by atoms with Gasteiger partial charge in [0.05, 0.1) is 6.61 Å². The average molecular weight is 325 g/mol. The molecule has 8 nitrogen and oxygen atoms in total. The molecule has 0 amide bonds. The zero-order chi connectivity index (χ0) is 15.6. The van der Waals surface area contributed by atoms with Gasteiger partial charge in [-0.05, 0) is 14.0 Å². The molecule has 2 rings (SSSR count). The molecule has 2 aliphatic heterocycles. The second-order valence-corrected chi connectivity index (χ2v) is 7.06. The maximum Gasteiger partial charge on any atom is 0.408 e. The molecule has 21 heavy (non-hydrogen) atoms. The van der Waals surface area contributed by atoms with Crippen molar-refractivity contribution >= 4 is 7.75 Å². The minimum Gasteiger partial charge on any atom is -0.376 e. The number of likely N-dealkylation sites (N-methyl/N-ethyl adjacent to an activating group) is 1. The predicted octanol–water partition coefficient (Wildman–Crippen LogP) is 0.863. The van der Waals surface area contributed by atoms with Crippen molar-refractivity contribution in [2.45, 2.75) is 37.6 Å². The van der Waals surface area contributed by atoms with Crippen molar-refractivity contribution in [2.24, 2.45) is 0 Å². The van der Waals surface area contributed by atoms with Gasteiger partial charge in [0.25, 0.3) is 0 Å². The summed E-state index contributed by atoms with van der Waals surface area (Å²) < 4.78 is 47.4. The lowest BCUT2D eigenvalue weighted by Gasteiger charge is -2.49. The second-order valence-electron chi connectivity index (χ2n) is 4.98. The topological polar surface area (TPSA) is 75.7 Å². The molecule has 0 N–H and O–H groups in total. The normalized spacial score (nSPS) is 44.5. The van der Waals surface area contributed by atoms with Gasteiger partial charge in [0.2, 0.25) is 0 Å².